The smallest absolute Gasteiger partial charge is 0.321 e. The van der Waals surface area contributed by atoms with E-state index < -0.39 is 6.03 Å². The van der Waals surface area contributed by atoms with Gasteiger partial charge in [-0.25, -0.2) is 4.79 Å². The average Bonchev–Trinajstić information content (AvgIpc) is 2.41. The Bertz CT molecular complexity index is 475. The fraction of sp³-hybridized carbons (Fsp3) is 0.429. The van der Waals surface area contributed by atoms with Crippen LogP contribution < -0.4 is 16.0 Å². The zero-order valence-electron chi connectivity index (χ0n) is 12.1. The number of hydrogen-bond acceptors (Lipinski definition) is 4. The van der Waals surface area contributed by atoms with Crippen molar-refractivity contribution in [1.29, 1.82) is 0 Å². The van der Waals surface area contributed by atoms with Crippen molar-refractivity contribution in [3.63, 3.8) is 0 Å². The van der Waals surface area contributed by atoms with E-state index in [0.717, 1.165) is 16.8 Å². The van der Waals surface area contributed by atoms with Crippen LogP contribution in [0.2, 0.25) is 0 Å². The van der Waals surface area contributed by atoms with Crippen molar-refractivity contribution in [1.82, 2.24) is 10.6 Å². The van der Waals surface area contributed by atoms with Gasteiger partial charge in [-0.1, -0.05) is 12.1 Å². The molecule has 0 spiro atoms. The first kappa shape index (κ1) is 16.0. The van der Waals surface area contributed by atoms with Gasteiger partial charge in [0.05, 0.1) is 13.2 Å². The minimum Gasteiger partial charge on any atom is -0.383 e. The van der Waals surface area contributed by atoms with Crippen molar-refractivity contribution in [2.75, 3.05) is 32.1 Å². The maximum absolute atomic E-state index is 11.6. The first-order valence-corrected chi connectivity index (χ1v) is 6.41. The minimum atomic E-state index is -0.519. The lowest BCUT2D eigenvalue weighted by Gasteiger charge is -2.11. The molecule has 0 bridgehead atoms. The fourth-order valence-electron chi connectivity index (χ4n) is 1.60. The van der Waals surface area contributed by atoms with Crippen LogP contribution in [0, 0.1) is 13.8 Å². The van der Waals surface area contributed by atoms with Gasteiger partial charge in [0.2, 0.25) is 5.91 Å². The Labute approximate surface area is 118 Å². The molecule has 1 rings (SSSR count). The molecule has 20 heavy (non-hydrogen) atoms. The molecule has 0 radical (unpaired) electrons. The number of benzene rings is 1. The molecular formula is C14H21N3O3. The summed E-state index contributed by atoms with van der Waals surface area (Å²) < 4.78 is 4.79. The second-order valence-electron chi connectivity index (χ2n) is 4.40. The molecule has 6 heteroatoms. The van der Waals surface area contributed by atoms with Crippen LogP contribution in [0.15, 0.2) is 18.2 Å². The number of aryl methyl sites for hydroxylation is 1. The predicted octanol–water partition coefficient (Wildman–Crippen LogP) is 1.19. The maximum Gasteiger partial charge on any atom is 0.321 e. The van der Waals surface area contributed by atoms with Gasteiger partial charge < -0.3 is 15.4 Å². The zero-order chi connectivity index (χ0) is 15.0. The summed E-state index contributed by atoms with van der Waals surface area (Å²) in [5, 5.41) is 7.76. The molecule has 0 aliphatic rings. The van der Waals surface area contributed by atoms with Crippen LogP contribution in [0.25, 0.3) is 0 Å². The van der Waals surface area contributed by atoms with Crippen molar-refractivity contribution in [2.45, 2.75) is 13.8 Å². The maximum atomic E-state index is 11.6. The van der Waals surface area contributed by atoms with Crippen molar-refractivity contribution in [2.24, 2.45) is 0 Å². The highest BCUT2D eigenvalue weighted by Crippen LogP contribution is 2.17. The van der Waals surface area contributed by atoms with E-state index in [0.29, 0.717) is 13.2 Å². The molecule has 6 nitrogen and oxygen atoms in total. The van der Waals surface area contributed by atoms with Gasteiger partial charge >= 0.3 is 6.03 Å². The third kappa shape index (κ3) is 5.27. The lowest BCUT2D eigenvalue weighted by atomic mass is 10.1. The Hall–Kier alpha value is -2.08. The highest BCUT2D eigenvalue weighted by molar-refractivity contribution is 5.96. The molecule has 0 fully saturated rings. The van der Waals surface area contributed by atoms with Crippen molar-refractivity contribution < 1.29 is 14.3 Å². The van der Waals surface area contributed by atoms with E-state index in [1.165, 1.54) is 0 Å². The van der Waals surface area contributed by atoms with Crippen LogP contribution in [0.5, 0.6) is 0 Å². The van der Waals surface area contributed by atoms with Gasteiger partial charge in [-0.2, -0.15) is 0 Å². The van der Waals surface area contributed by atoms with Crippen LogP contribution in [-0.4, -0.2) is 38.7 Å². The first-order valence-electron chi connectivity index (χ1n) is 6.41. The van der Waals surface area contributed by atoms with E-state index in [4.69, 9.17) is 4.74 Å². The average molecular weight is 279 g/mol. The Balaban J connectivity index is 2.36. The van der Waals surface area contributed by atoms with Crippen LogP contribution in [-0.2, 0) is 9.53 Å². The summed E-state index contributed by atoms with van der Waals surface area (Å²) in [6, 6.07) is 5.30. The van der Waals surface area contributed by atoms with Gasteiger partial charge in [-0.05, 0) is 31.0 Å². The number of urea groups is 1. The summed E-state index contributed by atoms with van der Waals surface area (Å²) in [5.41, 5.74) is 3.12. The molecule has 1 aromatic carbocycles. The van der Waals surface area contributed by atoms with Gasteiger partial charge in [-0.3, -0.25) is 10.1 Å². The third-order valence-electron chi connectivity index (χ3n) is 2.89. The normalized spacial score (nSPS) is 9.95. The number of imide groups is 1. The molecule has 0 unspecified atom stereocenters. The summed E-state index contributed by atoms with van der Waals surface area (Å²) in [6.07, 6.45) is 0. The van der Waals surface area contributed by atoms with Gasteiger partial charge in [-0.15, -0.1) is 0 Å². The number of anilines is 1. The number of carbonyl (C=O) groups is 2. The minimum absolute atomic E-state index is 0.0436. The molecule has 1 aromatic rings. The quantitative estimate of drug-likeness (QED) is 0.683. The molecule has 0 aliphatic heterocycles. The van der Waals surface area contributed by atoms with E-state index in [9.17, 15) is 9.59 Å². The number of nitrogens with one attached hydrogen (secondary N) is 3. The van der Waals surface area contributed by atoms with Gasteiger partial charge in [0.1, 0.15) is 0 Å². The van der Waals surface area contributed by atoms with E-state index in [1.807, 2.05) is 32.0 Å². The second-order valence-corrected chi connectivity index (χ2v) is 4.40. The summed E-state index contributed by atoms with van der Waals surface area (Å²) >= 11 is 0. The summed E-state index contributed by atoms with van der Waals surface area (Å²) in [6.45, 7) is 4.79. The van der Waals surface area contributed by atoms with Gasteiger partial charge in [0, 0.05) is 19.3 Å². The van der Waals surface area contributed by atoms with Gasteiger partial charge in [0.25, 0.3) is 0 Å². The van der Waals surface area contributed by atoms with E-state index in [1.54, 1.807) is 7.11 Å². The van der Waals surface area contributed by atoms with E-state index in [2.05, 4.69) is 16.0 Å². The van der Waals surface area contributed by atoms with Crippen LogP contribution >= 0.6 is 0 Å². The molecule has 0 aliphatic carbocycles. The number of rotatable bonds is 6. The Morgan fingerprint density at radius 3 is 2.70 bits per heavy atom. The summed E-state index contributed by atoms with van der Waals surface area (Å²) in [4.78, 5) is 22.9. The molecule has 0 heterocycles. The summed E-state index contributed by atoms with van der Waals surface area (Å²) in [7, 11) is 1.54. The Kier molecular flexibility index (Phi) is 6.52. The topological polar surface area (TPSA) is 79.5 Å². The number of methoxy groups -OCH3 is 1. The molecule has 0 aromatic heterocycles. The number of hydrogen-bond donors (Lipinski definition) is 3. The third-order valence-corrected chi connectivity index (χ3v) is 2.89. The summed E-state index contributed by atoms with van der Waals surface area (Å²) in [5.74, 6) is -0.388. The van der Waals surface area contributed by atoms with E-state index >= 15 is 0 Å². The number of amides is 3. The lowest BCUT2D eigenvalue weighted by molar-refractivity contribution is -0.118. The molecule has 3 N–H and O–H groups in total. The first-order chi connectivity index (χ1) is 9.54. The fourth-order valence-corrected chi connectivity index (χ4v) is 1.60. The SMILES string of the molecule is COCCNC(=O)NC(=O)CNc1cccc(C)c1C. The van der Waals surface area contributed by atoms with Crippen molar-refractivity contribution >= 4 is 17.6 Å². The lowest BCUT2D eigenvalue weighted by Crippen LogP contribution is -2.43. The molecule has 0 saturated heterocycles. The van der Waals surface area contributed by atoms with Crippen molar-refractivity contribution in [3.05, 3.63) is 29.3 Å². The molecule has 3 amide bonds. The van der Waals surface area contributed by atoms with E-state index in [-0.39, 0.29) is 12.5 Å². The standard InChI is InChI=1S/C14H21N3O3/c1-10-5-4-6-12(11(10)2)16-9-13(18)17-14(19)15-7-8-20-3/h4-6,16H,7-9H2,1-3H3,(H2,15,17,18,19). The highest BCUT2D eigenvalue weighted by atomic mass is 16.5. The number of carbonyl (C=O) groups excluding carboxylic acids is 2. The number of ether oxygens (including phenoxy) is 1. The highest BCUT2D eigenvalue weighted by Gasteiger charge is 2.07. The second kappa shape index (κ2) is 8.16. The Morgan fingerprint density at radius 1 is 1.25 bits per heavy atom. The molecule has 0 atom stereocenters. The largest absolute Gasteiger partial charge is 0.383 e. The zero-order valence-corrected chi connectivity index (χ0v) is 12.1. The molecule has 0 saturated carbocycles. The van der Waals surface area contributed by atoms with Crippen LogP contribution in [0.3, 0.4) is 0 Å². The van der Waals surface area contributed by atoms with Gasteiger partial charge in [0.15, 0.2) is 0 Å². The van der Waals surface area contributed by atoms with Crippen LogP contribution in [0.4, 0.5) is 10.5 Å². The van der Waals surface area contributed by atoms with Crippen LogP contribution in [0.1, 0.15) is 11.1 Å². The Morgan fingerprint density at radius 2 is 2.00 bits per heavy atom. The molecular weight excluding hydrogens is 258 g/mol. The predicted molar refractivity (Wildman–Crippen MR) is 77.8 cm³/mol. The van der Waals surface area contributed by atoms with Crippen molar-refractivity contribution in [3.8, 4) is 0 Å². The molecule has 110 valence electrons. The monoisotopic (exact) mass is 279 g/mol.